The number of hydrogen-bond acceptors (Lipinski definition) is 3. The monoisotopic (exact) mass is 291 g/mol. The number of rotatable bonds is 7. The summed E-state index contributed by atoms with van der Waals surface area (Å²) in [5.41, 5.74) is 1.52. The van der Waals surface area contributed by atoms with Crippen molar-refractivity contribution in [3.63, 3.8) is 0 Å². The van der Waals surface area contributed by atoms with Crippen LogP contribution in [0.1, 0.15) is 69.4 Å². The van der Waals surface area contributed by atoms with E-state index in [1.807, 2.05) is 13.1 Å². The number of carbonyl (C=O) groups is 1. The average Bonchev–Trinajstić information content (AvgIpc) is 2.45. The van der Waals surface area contributed by atoms with Gasteiger partial charge in [-0.2, -0.15) is 0 Å². The summed E-state index contributed by atoms with van der Waals surface area (Å²) >= 11 is 0. The van der Waals surface area contributed by atoms with E-state index in [1.54, 1.807) is 6.07 Å². The molecule has 0 fully saturated rings. The normalized spacial score (nSPS) is 11.3. The van der Waals surface area contributed by atoms with Gasteiger partial charge in [-0.3, -0.25) is 4.79 Å². The van der Waals surface area contributed by atoms with Gasteiger partial charge in [0.25, 0.3) is 5.91 Å². The first-order valence-corrected chi connectivity index (χ1v) is 7.87. The molecule has 0 bridgehead atoms. The van der Waals surface area contributed by atoms with Crippen molar-refractivity contribution in [2.75, 3.05) is 18.9 Å². The van der Waals surface area contributed by atoms with Crippen LogP contribution in [0, 0.1) is 0 Å². The molecular formula is C17H29N3O. The molecule has 1 aromatic rings. The third-order valence-electron chi connectivity index (χ3n) is 3.43. The molecule has 1 heterocycles. The van der Waals surface area contributed by atoms with Crippen LogP contribution >= 0.6 is 0 Å². The zero-order chi connectivity index (χ0) is 15.9. The van der Waals surface area contributed by atoms with E-state index in [-0.39, 0.29) is 11.3 Å². The van der Waals surface area contributed by atoms with Crippen LogP contribution < -0.4 is 10.6 Å². The van der Waals surface area contributed by atoms with Crippen LogP contribution in [-0.4, -0.2) is 24.5 Å². The van der Waals surface area contributed by atoms with Crippen LogP contribution in [0.15, 0.2) is 12.1 Å². The molecule has 2 N–H and O–H groups in total. The summed E-state index contributed by atoms with van der Waals surface area (Å²) < 4.78 is 0. The van der Waals surface area contributed by atoms with E-state index in [0.717, 1.165) is 24.5 Å². The minimum absolute atomic E-state index is 0.0177. The molecule has 0 saturated heterocycles. The fourth-order valence-electron chi connectivity index (χ4n) is 2.03. The molecule has 1 aromatic heterocycles. The summed E-state index contributed by atoms with van der Waals surface area (Å²) in [5.74, 6) is 0.717. The molecule has 0 aliphatic carbocycles. The van der Waals surface area contributed by atoms with Crippen molar-refractivity contribution < 1.29 is 4.79 Å². The van der Waals surface area contributed by atoms with Crippen molar-refractivity contribution in [1.29, 1.82) is 0 Å². The zero-order valence-corrected chi connectivity index (χ0v) is 14.0. The van der Waals surface area contributed by atoms with E-state index in [1.165, 1.54) is 19.3 Å². The van der Waals surface area contributed by atoms with Crippen LogP contribution in [-0.2, 0) is 5.41 Å². The lowest BCUT2D eigenvalue weighted by Crippen LogP contribution is -2.25. The fourth-order valence-corrected chi connectivity index (χ4v) is 2.03. The van der Waals surface area contributed by atoms with E-state index in [2.05, 4.69) is 43.3 Å². The Labute approximate surface area is 128 Å². The first-order valence-electron chi connectivity index (χ1n) is 7.87. The molecule has 0 atom stereocenters. The Morgan fingerprint density at radius 3 is 2.48 bits per heavy atom. The van der Waals surface area contributed by atoms with Gasteiger partial charge in [-0.15, -0.1) is 0 Å². The number of unbranched alkanes of at least 4 members (excludes halogenated alkanes) is 3. The number of pyridine rings is 1. The van der Waals surface area contributed by atoms with Gasteiger partial charge >= 0.3 is 0 Å². The summed E-state index contributed by atoms with van der Waals surface area (Å²) in [6, 6.07) is 3.69. The molecule has 0 unspecified atom stereocenters. The van der Waals surface area contributed by atoms with Gasteiger partial charge in [0.15, 0.2) is 0 Å². The number of aromatic nitrogens is 1. The van der Waals surface area contributed by atoms with Gasteiger partial charge in [-0.05, 0) is 18.6 Å². The molecule has 0 spiro atoms. The molecule has 4 heteroatoms. The third-order valence-corrected chi connectivity index (χ3v) is 3.43. The Hall–Kier alpha value is -1.58. The van der Waals surface area contributed by atoms with Crippen LogP contribution in [0.25, 0.3) is 0 Å². The number of hydrogen-bond donors (Lipinski definition) is 2. The minimum Gasteiger partial charge on any atom is -0.373 e. The summed E-state index contributed by atoms with van der Waals surface area (Å²) in [6.45, 7) is 9.22. The molecule has 1 rings (SSSR count). The molecule has 21 heavy (non-hydrogen) atoms. The Balaban J connectivity index is 2.74. The Kier molecular flexibility index (Phi) is 6.66. The van der Waals surface area contributed by atoms with E-state index < -0.39 is 0 Å². The zero-order valence-electron chi connectivity index (χ0n) is 14.0. The summed E-state index contributed by atoms with van der Waals surface area (Å²) in [5, 5.41) is 6.02. The van der Waals surface area contributed by atoms with Gasteiger partial charge in [-0.25, -0.2) is 4.98 Å². The molecule has 4 nitrogen and oxygen atoms in total. The maximum atomic E-state index is 12.3. The summed E-state index contributed by atoms with van der Waals surface area (Å²) in [6.07, 6.45) is 4.64. The molecule has 0 saturated carbocycles. The standard InChI is InChI=1S/C17H29N3O/c1-6-7-8-9-10-19-16(21)13-11-14(17(2,3)4)20-15(12-13)18-5/h11-12H,6-10H2,1-5H3,(H,18,20)(H,19,21). The minimum atomic E-state index is -0.0803. The fraction of sp³-hybridized carbons (Fsp3) is 0.647. The Morgan fingerprint density at radius 2 is 1.90 bits per heavy atom. The topological polar surface area (TPSA) is 54.0 Å². The highest BCUT2D eigenvalue weighted by Crippen LogP contribution is 2.23. The van der Waals surface area contributed by atoms with E-state index in [9.17, 15) is 4.79 Å². The molecule has 0 aliphatic rings. The van der Waals surface area contributed by atoms with Gasteiger partial charge in [-0.1, -0.05) is 47.0 Å². The largest absolute Gasteiger partial charge is 0.373 e. The second kappa shape index (κ2) is 8.01. The van der Waals surface area contributed by atoms with Crippen molar-refractivity contribution in [3.05, 3.63) is 23.4 Å². The first kappa shape index (κ1) is 17.5. The molecule has 0 aromatic carbocycles. The van der Waals surface area contributed by atoms with Crippen molar-refractivity contribution in [2.24, 2.45) is 0 Å². The van der Waals surface area contributed by atoms with Gasteiger partial charge in [0.05, 0.1) is 0 Å². The second-order valence-corrected chi connectivity index (χ2v) is 6.44. The number of carbonyl (C=O) groups excluding carboxylic acids is 1. The number of nitrogens with zero attached hydrogens (tertiary/aromatic N) is 1. The van der Waals surface area contributed by atoms with Gasteiger partial charge in [0, 0.05) is 30.3 Å². The number of amides is 1. The third kappa shape index (κ3) is 5.74. The SMILES string of the molecule is CCCCCCNC(=O)c1cc(NC)nc(C(C)(C)C)c1. The first-order chi connectivity index (χ1) is 9.88. The van der Waals surface area contributed by atoms with Gasteiger partial charge < -0.3 is 10.6 Å². The molecular weight excluding hydrogens is 262 g/mol. The second-order valence-electron chi connectivity index (χ2n) is 6.44. The molecule has 0 aliphatic heterocycles. The van der Waals surface area contributed by atoms with E-state index in [0.29, 0.717) is 5.56 Å². The highest BCUT2D eigenvalue weighted by molar-refractivity contribution is 5.95. The van der Waals surface area contributed by atoms with Crippen molar-refractivity contribution in [2.45, 2.75) is 58.8 Å². The van der Waals surface area contributed by atoms with Crippen LogP contribution in [0.2, 0.25) is 0 Å². The highest BCUT2D eigenvalue weighted by atomic mass is 16.1. The molecule has 0 radical (unpaired) electrons. The van der Waals surface area contributed by atoms with Gasteiger partial charge in [0.2, 0.25) is 0 Å². The molecule has 118 valence electrons. The Morgan fingerprint density at radius 1 is 1.19 bits per heavy atom. The smallest absolute Gasteiger partial charge is 0.251 e. The Bertz CT molecular complexity index is 464. The predicted molar refractivity (Wildman–Crippen MR) is 89.0 cm³/mol. The highest BCUT2D eigenvalue weighted by Gasteiger charge is 2.19. The summed E-state index contributed by atoms with van der Waals surface area (Å²) in [4.78, 5) is 16.8. The predicted octanol–water partition coefficient (Wildman–Crippen LogP) is 3.73. The van der Waals surface area contributed by atoms with Gasteiger partial charge in [0.1, 0.15) is 5.82 Å². The maximum absolute atomic E-state index is 12.3. The lowest BCUT2D eigenvalue weighted by Gasteiger charge is -2.19. The lowest BCUT2D eigenvalue weighted by atomic mass is 9.90. The quantitative estimate of drug-likeness (QED) is 0.753. The maximum Gasteiger partial charge on any atom is 0.251 e. The van der Waals surface area contributed by atoms with Crippen LogP contribution in [0.4, 0.5) is 5.82 Å². The lowest BCUT2D eigenvalue weighted by molar-refractivity contribution is 0.0952. The van der Waals surface area contributed by atoms with Crippen molar-refractivity contribution >= 4 is 11.7 Å². The van der Waals surface area contributed by atoms with E-state index >= 15 is 0 Å². The summed E-state index contributed by atoms with van der Waals surface area (Å²) in [7, 11) is 1.82. The van der Waals surface area contributed by atoms with Crippen LogP contribution in [0.5, 0.6) is 0 Å². The van der Waals surface area contributed by atoms with Crippen molar-refractivity contribution in [3.8, 4) is 0 Å². The number of anilines is 1. The molecule has 1 amide bonds. The van der Waals surface area contributed by atoms with Crippen LogP contribution in [0.3, 0.4) is 0 Å². The van der Waals surface area contributed by atoms with E-state index in [4.69, 9.17) is 0 Å². The van der Waals surface area contributed by atoms with Crippen molar-refractivity contribution in [1.82, 2.24) is 10.3 Å². The number of nitrogens with one attached hydrogen (secondary N) is 2. The average molecular weight is 291 g/mol.